The normalized spacial score (nSPS) is 16.2. The van der Waals surface area contributed by atoms with Crippen LogP contribution in [0.3, 0.4) is 0 Å². The second-order valence-corrected chi connectivity index (χ2v) is 8.18. The molecule has 4 nitrogen and oxygen atoms in total. The second kappa shape index (κ2) is 8.83. The molecule has 4 rings (SSSR count). The zero-order valence-electron chi connectivity index (χ0n) is 17.3. The minimum Gasteiger partial charge on any atom is -0.383 e. The van der Waals surface area contributed by atoms with E-state index < -0.39 is 0 Å². The van der Waals surface area contributed by atoms with Crippen molar-refractivity contribution in [3.8, 4) is 0 Å². The number of rotatable bonds is 7. The summed E-state index contributed by atoms with van der Waals surface area (Å²) in [5.74, 6) is 1.22. The van der Waals surface area contributed by atoms with E-state index in [0.717, 1.165) is 50.0 Å². The van der Waals surface area contributed by atoms with Gasteiger partial charge in [0.25, 0.3) is 5.56 Å². The summed E-state index contributed by atoms with van der Waals surface area (Å²) < 4.78 is 5.33. The highest BCUT2D eigenvalue weighted by Crippen LogP contribution is 2.33. The number of nitrogens with one attached hydrogen (secondary N) is 2. The molecule has 2 aromatic carbocycles. The number of aromatic amines is 1. The molecule has 0 spiro atoms. The Hall–Kier alpha value is -2.59. The summed E-state index contributed by atoms with van der Waals surface area (Å²) in [4.78, 5) is 12.1. The highest BCUT2D eigenvalue weighted by Gasteiger charge is 2.26. The summed E-state index contributed by atoms with van der Waals surface area (Å²) >= 11 is 0. The molecular formula is C25H30N2O2. The maximum atomic E-state index is 12.1. The van der Waals surface area contributed by atoms with Gasteiger partial charge in [-0.1, -0.05) is 48.5 Å². The minimum absolute atomic E-state index is 0.0742. The van der Waals surface area contributed by atoms with Crippen molar-refractivity contribution in [1.82, 2.24) is 10.5 Å². The number of fused-ring (bicyclic) bond motifs is 1. The molecule has 3 aromatic rings. The third kappa shape index (κ3) is 4.23. The minimum atomic E-state index is -0.0742. The molecule has 0 amide bonds. The predicted octanol–water partition coefficient (Wildman–Crippen LogP) is 5.16. The molecule has 1 aliphatic rings. The van der Waals surface area contributed by atoms with Crippen molar-refractivity contribution in [1.29, 1.82) is 0 Å². The number of benzene rings is 2. The van der Waals surface area contributed by atoms with Crippen molar-refractivity contribution in [2.45, 2.75) is 57.9 Å². The van der Waals surface area contributed by atoms with Crippen molar-refractivity contribution in [3.63, 3.8) is 0 Å². The van der Waals surface area contributed by atoms with Crippen LogP contribution in [-0.2, 0) is 6.42 Å². The van der Waals surface area contributed by atoms with Crippen LogP contribution in [0, 0.1) is 13.8 Å². The Bertz CT molecular complexity index is 972. The molecule has 0 radical (unpaired) electrons. The van der Waals surface area contributed by atoms with Gasteiger partial charge in [0, 0.05) is 18.4 Å². The molecule has 0 unspecified atom stereocenters. The summed E-state index contributed by atoms with van der Waals surface area (Å²) in [6, 6.07) is 17.5. The molecule has 0 saturated heterocycles. The molecule has 0 aliphatic heterocycles. The first-order valence-corrected chi connectivity index (χ1v) is 10.7. The van der Waals surface area contributed by atoms with E-state index >= 15 is 0 Å². The van der Waals surface area contributed by atoms with Gasteiger partial charge in [0.2, 0.25) is 0 Å². The summed E-state index contributed by atoms with van der Waals surface area (Å²) in [7, 11) is 0. The second-order valence-electron chi connectivity index (χ2n) is 8.18. The van der Waals surface area contributed by atoms with Crippen LogP contribution in [0.5, 0.6) is 0 Å². The van der Waals surface area contributed by atoms with Gasteiger partial charge in [-0.25, -0.2) is 0 Å². The first-order chi connectivity index (χ1) is 14.1. The SMILES string of the molecule is Cc1ccccc1C(CCCN[C@@H]1CCCc2o[nH]c(=O)c21)c1ccccc1C. The molecular weight excluding hydrogens is 360 g/mol. The van der Waals surface area contributed by atoms with Crippen LogP contribution >= 0.6 is 0 Å². The largest absolute Gasteiger partial charge is 0.383 e. The van der Waals surface area contributed by atoms with Gasteiger partial charge >= 0.3 is 0 Å². The van der Waals surface area contributed by atoms with E-state index in [0.29, 0.717) is 5.92 Å². The molecule has 1 aromatic heterocycles. The number of aryl methyl sites for hydroxylation is 3. The average Bonchev–Trinajstić information content (AvgIpc) is 3.11. The molecule has 1 atom stereocenters. The first kappa shape index (κ1) is 19.7. The van der Waals surface area contributed by atoms with E-state index in [1.807, 2.05) is 0 Å². The molecule has 1 heterocycles. The summed E-state index contributed by atoms with van der Waals surface area (Å²) in [6.45, 7) is 5.30. The van der Waals surface area contributed by atoms with Gasteiger partial charge in [-0.15, -0.1) is 0 Å². The topological polar surface area (TPSA) is 58.0 Å². The first-order valence-electron chi connectivity index (χ1n) is 10.7. The van der Waals surface area contributed by atoms with E-state index in [2.05, 4.69) is 72.9 Å². The fourth-order valence-corrected chi connectivity index (χ4v) is 4.71. The fraction of sp³-hybridized carbons (Fsp3) is 0.400. The highest BCUT2D eigenvalue weighted by molar-refractivity contribution is 5.40. The van der Waals surface area contributed by atoms with Gasteiger partial charge in [0.15, 0.2) is 0 Å². The number of H-pyrrole nitrogens is 1. The summed E-state index contributed by atoms with van der Waals surface area (Å²) in [5, 5.41) is 6.11. The Morgan fingerprint density at radius 1 is 1.07 bits per heavy atom. The number of aromatic nitrogens is 1. The Balaban J connectivity index is 1.46. The fourth-order valence-electron chi connectivity index (χ4n) is 4.71. The third-order valence-corrected chi connectivity index (χ3v) is 6.25. The predicted molar refractivity (Wildman–Crippen MR) is 116 cm³/mol. The van der Waals surface area contributed by atoms with Crippen LogP contribution in [0.1, 0.15) is 71.2 Å². The van der Waals surface area contributed by atoms with Gasteiger partial charge in [-0.3, -0.25) is 4.79 Å². The molecule has 29 heavy (non-hydrogen) atoms. The van der Waals surface area contributed by atoms with E-state index in [1.54, 1.807) is 0 Å². The van der Waals surface area contributed by atoms with Crippen molar-refractivity contribution in [2.75, 3.05) is 6.54 Å². The Kier molecular flexibility index (Phi) is 6.00. The maximum absolute atomic E-state index is 12.1. The molecule has 152 valence electrons. The van der Waals surface area contributed by atoms with Crippen molar-refractivity contribution < 1.29 is 4.52 Å². The van der Waals surface area contributed by atoms with E-state index in [-0.39, 0.29) is 11.6 Å². The van der Waals surface area contributed by atoms with Crippen LogP contribution in [0.15, 0.2) is 57.8 Å². The highest BCUT2D eigenvalue weighted by atomic mass is 16.5. The van der Waals surface area contributed by atoms with Gasteiger partial charge < -0.3 is 9.84 Å². The lowest BCUT2D eigenvalue weighted by Gasteiger charge is -2.24. The molecule has 1 aliphatic carbocycles. The zero-order chi connectivity index (χ0) is 20.2. The molecule has 4 heteroatoms. The van der Waals surface area contributed by atoms with Crippen LogP contribution in [0.2, 0.25) is 0 Å². The quantitative estimate of drug-likeness (QED) is 0.548. The average molecular weight is 391 g/mol. The Morgan fingerprint density at radius 3 is 2.38 bits per heavy atom. The molecule has 2 N–H and O–H groups in total. The number of hydrogen-bond donors (Lipinski definition) is 2. The zero-order valence-corrected chi connectivity index (χ0v) is 17.3. The van der Waals surface area contributed by atoms with Crippen molar-refractivity contribution >= 4 is 0 Å². The summed E-state index contributed by atoms with van der Waals surface area (Å²) in [6.07, 6.45) is 5.03. The van der Waals surface area contributed by atoms with Crippen LogP contribution in [0.25, 0.3) is 0 Å². The smallest absolute Gasteiger partial charge is 0.284 e. The van der Waals surface area contributed by atoms with E-state index in [4.69, 9.17) is 4.52 Å². The monoisotopic (exact) mass is 390 g/mol. The third-order valence-electron chi connectivity index (χ3n) is 6.25. The standard InChI is InChI=1S/C25H30N2O2/c1-17-9-3-5-11-19(17)21(20-12-6-4-10-18(20)2)13-8-16-26-22-14-7-15-23-24(22)25(28)27-29-23/h3-6,9-12,21-22,26H,7-8,13-16H2,1-2H3,(H,27,28)/t22-/m1/s1. The Morgan fingerprint density at radius 2 is 1.72 bits per heavy atom. The lowest BCUT2D eigenvalue weighted by Crippen LogP contribution is -2.29. The lowest BCUT2D eigenvalue weighted by molar-refractivity contribution is 0.352. The van der Waals surface area contributed by atoms with Crippen LogP contribution in [0.4, 0.5) is 0 Å². The van der Waals surface area contributed by atoms with Gasteiger partial charge in [0.05, 0.1) is 5.56 Å². The van der Waals surface area contributed by atoms with Gasteiger partial charge in [-0.05, 0) is 68.3 Å². The summed E-state index contributed by atoms with van der Waals surface area (Å²) in [5.41, 5.74) is 6.24. The maximum Gasteiger partial charge on any atom is 0.284 e. The van der Waals surface area contributed by atoms with E-state index in [1.165, 1.54) is 22.3 Å². The van der Waals surface area contributed by atoms with Crippen molar-refractivity contribution in [3.05, 3.63) is 92.5 Å². The molecule has 0 bridgehead atoms. The molecule has 0 saturated carbocycles. The number of hydrogen-bond acceptors (Lipinski definition) is 3. The Labute approximate surface area is 172 Å². The van der Waals surface area contributed by atoms with Crippen LogP contribution in [-0.4, -0.2) is 11.7 Å². The lowest BCUT2D eigenvalue weighted by atomic mass is 9.83. The van der Waals surface area contributed by atoms with Crippen LogP contribution < -0.4 is 10.9 Å². The van der Waals surface area contributed by atoms with E-state index in [9.17, 15) is 4.79 Å². The van der Waals surface area contributed by atoms with Crippen molar-refractivity contribution in [2.24, 2.45) is 0 Å². The van der Waals surface area contributed by atoms with Gasteiger partial charge in [0.1, 0.15) is 5.76 Å². The molecule has 0 fully saturated rings. The van der Waals surface area contributed by atoms with Gasteiger partial charge in [-0.2, -0.15) is 5.16 Å².